The summed E-state index contributed by atoms with van der Waals surface area (Å²) >= 11 is 0. The fourth-order valence-corrected chi connectivity index (χ4v) is 1.29. The first-order chi connectivity index (χ1) is 8.16. The standard InChI is InChI=1S/C10H10N4O3/c1-7(9-3-2-4-17-9)13-10-11-5-8(6-12-10)14(15)16/h2-7H,1H3,(H,11,12,13). The van der Waals surface area contributed by atoms with Crippen LogP contribution in [0.2, 0.25) is 0 Å². The van der Waals surface area contributed by atoms with Crippen LogP contribution in [0, 0.1) is 10.1 Å². The van der Waals surface area contributed by atoms with Crippen LogP contribution in [-0.4, -0.2) is 14.9 Å². The fourth-order valence-electron chi connectivity index (χ4n) is 1.29. The van der Waals surface area contributed by atoms with Gasteiger partial charge in [0.1, 0.15) is 18.2 Å². The third-order valence-corrected chi connectivity index (χ3v) is 2.16. The molecule has 1 unspecified atom stereocenters. The van der Waals surface area contributed by atoms with Crippen molar-refractivity contribution in [1.82, 2.24) is 9.97 Å². The molecule has 2 rings (SSSR count). The van der Waals surface area contributed by atoms with Gasteiger partial charge in [0.25, 0.3) is 0 Å². The molecule has 0 bridgehead atoms. The summed E-state index contributed by atoms with van der Waals surface area (Å²) in [5.41, 5.74) is -0.138. The molecule has 0 saturated heterocycles. The van der Waals surface area contributed by atoms with Crippen LogP contribution in [0.3, 0.4) is 0 Å². The normalized spacial score (nSPS) is 12.1. The smallest absolute Gasteiger partial charge is 0.305 e. The first-order valence-electron chi connectivity index (χ1n) is 4.93. The molecule has 1 atom stereocenters. The van der Waals surface area contributed by atoms with E-state index in [9.17, 15) is 10.1 Å². The second-order valence-corrected chi connectivity index (χ2v) is 3.40. The van der Waals surface area contributed by atoms with Gasteiger partial charge < -0.3 is 9.73 Å². The molecule has 7 nitrogen and oxygen atoms in total. The Morgan fingerprint density at radius 1 is 1.47 bits per heavy atom. The summed E-state index contributed by atoms with van der Waals surface area (Å²) < 4.78 is 5.20. The lowest BCUT2D eigenvalue weighted by Gasteiger charge is -2.10. The Balaban J connectivity index is 2.06. The zero-order chi connectivity index (χ0) is 12.3. The number of anilines is 1. The van der Waals surface area contributed by atoms with Gasteiger partial charge in [0, 0.05) is 0 Å². The van der Waals surface area contributed by atoms with Crippen molar-refractivity contribution < 1.29 is 9.34 Å². The maximum atomic E-state index is 10.4. The maximum Gasteiger partial charge on any atom is 0.305 e. The van der Waals surface area contributed by atoms with E-state index in [2.05, 4.69) is 15.3 Å². The molecule has 0 saturated carbocycles. The number of nitrogens with zero attached hydrogens (tertiary/aromatic N) is 3. The molecular weight excluding hydrogens is 224 g/mol. The Morgan fingerprint density at radius 2 is 2.18 bits per heavy atom. The van der Waals surface area contributed by atoms with E-state index >= 15 is 0 Å². The second kappa shape index (κ2) is 4.60. The third-order valence-electron chi connectivity index (χ3n) is 2.16. The summed E-state index contributed by atoms with van der Waals surface area (Å²) in [7, 11) is 0. The molecule has 88 valence electrons. The highest BCUT2D eigenvalue weighted by atomic mass is 16.6. The summed E-state index contributed by atoms with van der Waals surface area (Å²) in [4.78, 5) is 17.6. The van der Waals surface area contributed by atoms with E-state index in [-0.39, 0.29) is 11.7 Å². The molecule has 0 spiro atoms. The Labute approximate surface area is 96.7 Å². The number of furan rings is 1. The van der Waals surface area contributed by atoms with Crippen LogP contribution < -0.4 is 5.32 Å². The number of hydrogen-bond donors (Lipinski definition) is 1. The predicted molar refractivity (Wildman–Crippen MR) is 59.4 cm³/mol. The van der Waals surface area contributed by atoms with Crippen LogP contribution >= 0.6 is 0 Å². The van der Waals surface area contributed by atoms with Gasteiger partial charge >= 0.3 is 5.69 Å². The van der Waals surface area contributed by atoms with Gasteiger partial charge in [0.2, 0.25) is 5.95 Å². The molecule has 2 aromatic rings. The van der Waals surface area contributed by atoms with Gasteiger partial charge in [-0.25, -0.2) is 9.97 Å². The van der Waals surface area contributed by atoms with Crippen LogP contribution in [0.15, 0.2) is 35.2 Å². The summed E-state index contributed by atoms with van der Waals surface area (Å²) in [5, 5.41) is 13.4. The molecular formula is C10H10N4O3. The molecule has 1 N–H and O–H groups in total. The Bertz CT molecular complexity index is 495. The molecule has 2 aromatic heterocycles. The number of aromatic nitrogens is 2. The van der Waals surface area contributed by atoms with Gasteiger partial charge in [-0.3, -0.25) is 10.1 Å². The second-order valence-electron chi connectivity index (χ2n) is 3.40. The highest BCUT2D eigenvalue weighted by Crippen LogP contribution is 2.17. The summed E-state index contributed by atoms with van der Waals surface area (Å²) in [6, 6.07) is 3.50. The average Bonchev–Trinajstić information content (AvgIpc) is 2.83. The van der Waals surface area contributed by atoms with Crippen molar-refractivity contribution in [3.8, 4) is 0 Å². The number of hydrogen-bond acceptors (Lipinski definition) is 6. The van der Waals surface area contributed by atoms with Gasteiger partial charge in [-0.2, -0.15) is 0 Å². The molecule has 7 heteroatoms. The minimum absolute atomic E-state index is 0.105. The molecule has 0 amide bonds. The van der Waals surface area contributed by atoms with Gasteiger partial charge in [-0.15, -0.1) is 0 Å². The van der Waals surface area contributed by atoms with E-state index in [0.29, 0.717) is 5.95 Å². The summed E-state index contributed by atoms with van der Waals surface area (Å²) in [5.74, 6) is 1.06. The molecule has 17 heavy (non-hydrogen) atoms. The minimum Gasteiger partial charge on any atom is -0.467 e. The van der Waals surface area contributed by atoms with E-state index in [4.69, 9.17) is 4.42 Å². The SMILES string of the molecule is CC(Nc1ncc([N+](=O)[O-])cn1)c1ccco1. The zero-order valence-electron chi connectivity index (χ0n) is 9.03. The van der Waals surface area contributed by atoms with Crippen LogP contribution in [0.1, 0.15) is 18.7 Å². The van der Waals surface area contributed by atoms with Gasteiger partial charge in [-0.1, -0.05) is 0 Å². The van der Waals surface area contributed by atoms with Gasteiger partial charge in [-0.05, 0) is 19.1 Å². The van der Waals surface area contributed by atoms with Crippen LogP contribution in [0.5, 0.6) is 0 Å². The van der Waals surface area contributed by atoms with Gasteiger partial charge in [0.05, 0.1) is 17.2 Å². The maximum absolute atomic E-state index is 10.4. The van der Waals surface area contributed by atoms with Crippen molar-refractivity contribution in [3.05, 3.63) is 46.7 Å². The Kier molecular flexibility index (Phi) is 2.99. The van der Waals surface area contributed by atoms with Crippen LogP contribution in [-0.2, 0) is 0 Å². The minimum atomic E-state index is -0.542. The first-order valence-corrected chi connectivity index (χ1v) is 4.93. The van der Waals surface area contributed by atoms with Crippen molar-refractivity contribution in [2.45, 2.75) is 13.0 Å². The van der Waals surface area contributed by atoms with Crippen LogP contribution in [0.25, 0.3) is 0 Å². The van der Waals surface area contributed by atoms with E-state index in [0.717, 1.165) is 18.2 Å². The summed E-state index contributed by atoms with van der Waals surface area (Å²) in [6.07, 6.45) is 3.89. The number of nitrogens with one attached hydrogen (secondary N) is 1. The molecule has 0 aliphatic rings. The number of nitro groups is 1. The van der Waals surface area contributed by atoms with Crippen molar-refractivity contribution in [2.24, 2.45) is 0 Å². The zero-order valence-corrected chi connectivity index (χ0v) is 9.03. The van der Waals surface area contributed by atoms with Crippen molar-refractivity contribution >= 4 is 11.6 Å². The van der Waals surface area contributed by atoms with E-state index in [1.165, 1.54) is 0 Å². The van der Waals surface area contributed by atoms with Crippen molar-refractivity contribution in [1.29, 1.82) is 0 Å². The summed E-state index contributed by atoms with van der Waals surface area (Å²) in [6.45, 7) is 1.88. The fraction of sp³-hybridized carbons (Fsp3) is 0.200. The number of rotatable bonds is 4. The van der Waals surface area contributed by atoms with E-state index in [1.54, 1.807) is 12.3 Å². The first kappa shape index (κ1) is 11.1. The predicted octanol–water partition coefficient (Wildman–Crippen LogP) is 2.15. The van der Waals surface area contributed by atoms with Gasteiger partial charge in [0.15, 0.2) is 0 Å². The van der Waals surface area contributed by atoms with Crippen molar-refractivity contribution in [3.63, 3.8) is 0 Å². The average molecular weight is 234 g/mol. The Morgan fingerprint density at radius 3 is 2.71 bits per heavy atom. The molecule has 0 aromatic carbocycles. The third kappa shape index (κ3) is 2.57. The topological polar surface area (TPSA) is 94.1 Å². The Hall–Kier alpha value is -2.44. The van der Waals surface area contributed by atoms with Crippen molar-refractivity contribution in [2.75, 3.05) is 5.32 Å². The highest BCUT2D eigenvalue weighted by molar-refractivity contribution is 5.32. The lowest BCUT2D eigenvalue weighted by atomic mass is 10.2. The largest absolute Gasteiger partial charge is 0.467 e. The molecule has 0 radical (unpaired) electrons. The molecule has 0 aliphatic carbocycles. The van der Waals surface area contributed by atoms with E-state index < -0.39 is 4.92 Å². The molecule has 0 aliphatic heterocycles. The molecule has 2 heterocycles. The van der Waals surface area contributed by atoms with E-state index in [1.807, 2.05) is 13.0 Å². The van der Waals surface area contributed by atoms with Crippen LogP contribution in [0.4, 0.5) is 11.6 Å². The highest BCUT2D eigenvalue weighted by Gasteiger charge is 2.11. The lowest BCUT2D eigenvalue weighted by molar-refractivity contribution is -0.385. The monoisotopic (exact) mass is 234 g/mol. The quantitative estimate of drug-likeness (QED) is 0.643. The lowest BCUT2D eigenvalue weighted by Crippen LogP contribution is -2.08. The molecule has 0 fully saturated rings.